The number of rotatable bonds is 5. The lowest BCUT2D eigenvalue weighted by molar-refractivity contribution is -0.308. The molecular weight excluding hydrogens is 198 g/mol. The molecule has 0 aliphatic carbocycles. The SMILES string of the molecule is CCC[C@H](NC(=O)c1ccco1)C(=O)[O-]. The minimum absolute atomic E-state index is 0.0948. The smallest absolute Gasteiger partial charge is 0.287 e. The average molecular weight is 210 g/mol. The Morgan fingerprint density at radius 1 is 1.60 bits per heavy atom. The first kappa shape index (κ1) is 11.3. The van der Waals surface area contributed by atoms with Gasteiger partial charge in [-0.05, 0) is 18.6 Å². The van der Waals surface area contributed by atoms with Crippen LogP contribution in [0.15, 0.2) is 22.8 Å². The lowest BCUT2D eigenvalue weighted by Crippen LogP contribution is -2.47. The second kappa shape index (κ2) is 5.19. The van der Waals surface area contributed by atoms with Crippen LogP contribution in [-0.2, 0) is 4.79 Å². The Labute approximate surface area is 87.1 Å². The first-order valence-electron chi connectivity index (χ1n) is 4.70. The molecule has 0 spiro atoms. The average Bonchev–Trinajstić information content (AvgIpc) is 2.69. The molecule has 0 aliphatic heterocycles. The maximum absolute atomic E-state index is 11.4. The summed E-state index contributed by atoms with van der Waals surface area (Å²) in [6, 6.07) is 2.06. The van der Waals surface area contributed by atoms with Gasteiger partial charge in [-0.1, -0.05) is 13.3 Å². The molecule has 1 rings (SSSR count). The van der Waals surface area contributed by atoms with E-state index in [1.807, 2.05) is 6.92 Å². The first-order chi connectivity index (χ1) is 7.15. The molecule has 1 heterocycles. The Hall–Kier alpha value is -1.78. The number of furan rings is 1. The van der Waals surface area contributed by atoms with Gasteiger partial charge in [-0.15, -0.1) is 0 Å². The Bertz CT molecular complexity index is 331. The van der Waals surface area contributed by atoms with Crippen molar-refractivity contribution in [3.63, 3.8) is 0 Å². The molecule has 0 saturated heterocycles. The molecular formula is C10H12NO4-. The molecule has 1 aromatic heterocycles. The lowest BCUT2D eigenvalue weighted by Gasteiger charge is -2.17. The molecule has 1 N–H and O–H groups in total. The Kier molecular flexibility index (Phi) is 3.91. The van der Waals surface area contributed by atoms with Crippen molar-refractivity contribution in [2.24, 2.45) is 0 Å². The molecule has 0 aliphatic rings. The van der Waals surface area contributed by atoms with E-state index in [-0.39, 0.29) is 5.76 Å². The summed E-state index contributed by atoms with van der Waals surface area (Å²) in [4.78, 5) is 22.0. The number of carboxylic acid groups (broad SMARTS) is 1. The van der Waals surface area contributed by atoms with Gasteiger partial charge in [-0.25, -0.2) is 0 Å². The maximum Gasteiger partial charge on any atom is 0.287 e. The third kappa shape index (κ3) is 3.12. The van der Waals surface area contributed by atoms with E-state index in [1.165, 1.54) is 12.3 Å². The molecule has 15 heavy (non-hydrogen) atoms. The third-order valence-electron chi connectivity index (χ3n) is 1.91. The van der Waals surface area contributed by atoms with Crippen LogP contribution in [-0.4, -0.2) is 17.9 Å². The molecule has 0 aromatic carbocycles. The van der Waals surface area contributed by atoms with Gasteiger partial charge in [-0.3, -0.25) is 4.79 Å². The third-order valence-corrected chi connectivity index (χ3v) is 1.91. The summed E-state index contributed by atoms with van der Waals surface area (Å²) in [7, 11) is 0. The molecule has 0 radical (unpaired) electrons. The summed E-state index contributed by atoms with van der Waals surface area (Å²) in [5.41, 5.74) is 0. The molecule has 0 fully saturated rings. The van der Waals surface area contributed by atoms with Gasteiger partial charge in [0.1, 0.15) is 0 Å². The van der Waals surface area contributed by atoms with Crippen molar-refractivity contribution in [1.82, 2.24) is 5.32 Å². The molecule has 1 aromatic rings. The van der Waals surface area contributed by atoms with Crippen LogP contribution in [0.3, 0.4) is 0 Å². The van der Waals surface area contributed by atoms with E-state index < -0.39 is 17.9 Å². The van der Waals surface area contributed by atoms with Crippen molar-refractivity contribution >= 4 is 11.9 Å². The first-order valence-corrected chi connectivity index (χ1v) is 4.70. The quantitative estimate of drug-likeness (QED) is 0.737. The van der Waals surface area contributed by atoms with Crippen molar-refractivity contribution in [3.05, 3.63) is 24.2 Å². The zero-order chi connectivity index (χ0) is 11.3. The van der Waals surface area contributed by atoms with E-state index >= 15 is 0 Å². The Morgan fingerprint density at radius 3 is 2.80 bits per heavy atom. The minimum Gasteiger partial charge on any atom is -0.548 e. The molecule has 82 valence electrons. The van der Waals surface area contributed by atoms with Gasteiger partial charge in [0.25, 0.3) is 5.91 Å². The fourth-order valence-electron chi connectivity index (χ4n) is 1.17. The molecule has 0 saturated carbocycles. The van der Waals surface area contributed by atoms with Crippen LogP contribution < -0.4 is 10.4 Å². The van der Waals surface area contributed by atoms with Crippen molar-refractivity contribution in [2.75, 3.05) is 0 Å². The van der Waals surface area contributed by atoms with E-state index in [0.29, 0.717) is 12.8 Å². The highest BCUT2D eigenvalue weighted by atomic mass is 16.4. The number of hydrogen-bond donors (Lipinski definition) is 1. The summed E-state index contributed by atoms with van der Waals surface area (Å²) in [5.74, 6) is -1.73. The second-order valence-electron chi connectivity index (χ2n) is 3.11. The van der Waals surface area contributed by atoms with Crippen molar-refractivity contribution in [2.45, 2.75) is 25.8 Å². The standard InChI is InChI=1S/C10H13NO4/c1-2-4-7(10(13)14)11-9(12)8-5-3-6-15-8/h3,5-7H,2,4H2,1H3,(H,11,12)(H,13,14)/p-1/t7-/m0/s1. The number of nitrogens with one attached hydrogen (secondary N) is 1. The van der Waals surface area contributed by atoms with Gasteiger partial charge in [-0.2, -0.15) is 0 Å². The van der Waals surface area contributed by atoms with Crippen LogP contribution in [0, 0.1) is 0 Å². The molecule has 1 atom stereocenters. The molecule has 0 unspecified atom stereocenters. The van der Waals surface area contributed by atoms with Crippen molar-refractivity contribution in [1.29, 1.82) is 0 Å². The highest BCUT2D eigenvalue weighted by Gasteiger charge is 2.15. The summed E-state index contributed by atoms with van der Waals surface area (Å²) < 4.78 is 4.83. The number of amides is 1. The van der Waals surface area contributed by atoms with E-state index in [4.69, 9.17) is 4.42 Å². The lowest BCUT2D eigenvalue weighted by atomic mass is 10.1. The fraction of sp³-hybridized carbons (Fsp3) is 0.400. The second-order valence-corrected chi connectivity index (χ2v) is 3.11. The van der Waals surface area contributed by atoms with Crippen LogP contribution in [0.25, 0.3) is 0 Å². The number of aliphatic carboxylic acids is 1. The largest absolute Gasteiger partial charge is 0.548 e. The summed E-state index contributed by atoms with van der Waals surface area (Å²) >= 11 is 0. The number of hydrogen-bond acceptors (Lipinski definition) is 4. The molecule has 5 heteroatoms. The molecule has 0 bridgehead atoms. The van der Waals surface area contributed by atoms with Crippen molar-refractivity contribution < 1.29 is 19.1 Å². The van der Waals surface area contributed by atoms with Gasteiger partial charge in [0.15, 0.2) is 5.76 Å². The van der Waals surface area contributed by atoms with E-state index in [2.05, 4.69) is 5.32 Å². The van der Waals surface area contributed by atoms with Crippen LogP contribution >= 0.6 is 0 Å². The molecule has 5 nitrogen and oxygen atoms in total. The van der Waals surface area contributed by atoms with Crippen molar-refractivity contribution in [3.8, 4) is 0 Å². The maximum atomic E-state index is 11.4. The highest BCUT2D eigenvalue weighted by Crippen LogP contribution is 2.02. The normalized spacial score (nSPS) is 12.1. The fourth-order valence-corrected chi connectivity index (χ4v) is 1.17. The van der Waals surface area contributed by atoms with Gasteiger partial charge in [0, 0.05) is 0 Å². The Morgan fingerprint density at radius 2 is 2.33 bits per heavy atom. The van der Waals surface area contributed by atoms with Gasteiger partial charge in [0.2, 0.25) is 0 Å². The number of carbonyl (C=O) groups excluding carboxylic acids is 2. The predicted octanol–water partition coefficient (Wildman–Crippen LogP) is -0.0720. The van der Waals surface area contributed by atoms with Crippen LogP contribution in [0.1, 0.15) is 30.3 Å². The van der Waals surface area contributed by atoms with E-state index in [9.17, 15) is 14.7 Å². The summed E-state index contributed by atoms with van der Waals surface area (Å²) in [6.07, 6.45) is 2.34. The zero-order valence-corrected chi connectivity index (χ0v) is 8.36. The topological polar surface area (TPSA) is 82.4 Å². The zero-order valence-electron chi connectivity index (χ0n) is 8.36. The predicted molar refractivity (Wildman–Crippen MR) is 49.9 cm³/mol. The molecule has 1 amide bonds. The Balaban J connectivity index is 2.59. The van der Waals surface area contributed by atoms with E-state index in [0.717, 1.165) is 0 Å². The minimum atomic E-state index is -1.28. The highest BCUT2D eigenvalue weighted by molar-refractivity contribution is 5.93. The monoisotopic (exact) mass is 210 g/mol. The van der Waals surface area contributed by atoms with Gasteiger partial charge in [0.05, 0.1) is 18.3 Å². The summed E-state index contributed by atoms with van der Waals surface area (Å²) in [5, 5.41) is 13.0. The number of carboxylic acids is 1. The van der Waals surface area contributed by atoms with Gasteiger partial charge < -0.3 is 19.6 Å². The van der Waals surface area contributed by atoms with Crippen LogP contribution in [0.4, 0.5) is 0 Å². The van der Waals surface area contributed by atoms with Crippen LogP contribution in [0.2, 0.25) is 0 Å². The van der Waals surface area contributed by atoms with Gasteiger partial charge >= 0.3 is 0 Å². The van der Waals surface area contributed by atoms with Crippen LogP contribution in [0.5, 0.6) is 0 Å². The number of carbonyl (C=O) groups is 2. The summed E-state index contributed by atoms with van der Waals surface area (Å²) in [6.45, 7) is 1.83. The van der Waals surface area contributed by atoms with E-state index in [1.54, 1.807) is 6.07 Å².